The Bertz CT molecular complexity index is 823. The van der Waals surface area contributed by atoms with Gasteiger partial charge in [0, 0.05) is 12.5 Å². The third-order valence-corrected chi connectivity index (χ3v) is 4.05. The van der Waals surface area contributed by atoms with E-state index < -0.39 is 24.0 Å². The van der Waals surface area contributed by atoms with Crippen LogP contribution in [0.15, 0.2) is 54.6 Å². The molecule has 28 heavy (non-hydrogen) atoms. The minimum atomic E-state index is -1.17. The summed E-state index contributed by atoms with van der Waals surface area (Å²) in [6, 6.07) is 13.7. The van der Waals surface area contributed by atoms with Gasteiger partial charge in [0.05, 0.1) is 19.1 Å². The second kappa shape index (κ2) is 10.1. The number of amides is 2. The molecule has 0 heterocycles. The van der Waals surface area contributed by atoms with E-state index in [9.17, 15) is 19.5 Å². The lowest BCUT2D eigenvalue weighted by Gasteiger charge is -2.22. The zero-order valence-corrected chi connectivity index (χ0v) is 15.8. The Labute approximate surface area is 163 Å². The van der Waals surface area contributed by atoms with Gasteiger partial charge in [0.15, 0.2) is 6.04 Å². The number of carboxylic acids is 1. The van der Waals surface area contributed by atoms with Gasteiger partial charge in [0.1, 0.15) is 5.75 Å². The van der Waals surface area contributed by atoms with Gasteiger partial charge in [-0.3, -0.25) is 9.59 Å². The monoisotopic (exact) mass is 384 g/mol. The lowest BCUT2D eigenvalue weighted by Crippen LogP contribution is -2.37. The number of aliphatic carboxylic acids is 1. The SMILES string of the molecule is CCOc1ccccc1C(CC(=O)NC(C(=O)O)c1ccccc1)NC(C)=O. The van der Waals surface area contributed by atoms with Crippen molar-refractivity contribution in [1.82, 2.24) is 10.6 Å². The Morgan fingerprint density at radius 1 is 1.00 bits per heavy atom. The van der Waals surface area contributed by atoms with Gasteiger partial charge in [-0.1, -0.05) is 48.5 Å². The minimum absolute atomic E-state index is 0.125. The first-order valence-electron chi connectivity index (χ1n) is 8.98. The normalized spacial score (nSPS) is 12.5. The average Bonchev–Trinajstić information content (AvgIpc) is 2.66. The second-order valence-electron chi connectivity index (χ2n) is 6.18. The summed E-state index contributed by atoms with van der Waals surface area (Å²) >= 11 is 0. The van der Waals surface area contributed by atoms with Gasteiger partial charge >= 0.3 is 5.97 Å². The second-order valence-corrected chi connectivity index (χ2v) is 6.18. The third kappa shape index (κ3) is 5.84. The van der Waals surface area contributed by atoms with Gasteiger partial charge in [0.2, 0.25) is 11.8 Å². The lowest BCUT2D eigenvalue weighted by atomic mass is 10.0. The molecule has 0 fully saturated rings. The van der Waals surface area contributed by atoms with Gasteiger partial charge in [-0.25, -0.2) is 4.79 Å². The molecule has 0 aliphatic heterocycles. The van der Waals surface area contributed by atoms with Crippen molar-refractivity contribution in [3.05, 3.63) is 65.7 Å². The zero-order valence-electron chi connectivity index (χ0n) is 15.8. The van der Waals surface area contributed by atoms with Crippen molar-refractivity contribution < 1.29 is 24.2 Å². The van der Waals surface area contributed by atoms with Crippen molar-refractivity contribution in [3.8, 4) is 5.75 Å². The molecule has 0 radical (unpaired) electrons. The van der Waals surface area contributed by atoms with Gasteiger partial charge in [-0.05, 0) is 18.6 Å². The molecule has 0 aliphatic rings. The molecule has 0 spiro atoms. The van der Waals surface area contributed by atoms with Crippen molar-refractivity contribution >= 4 is 17.8 Å². The van der Waals surface area contributed by atoms with Crippen molar-refractivity contribution in [2.45, 2.75) is 32.4 Å². The van der Waals surface area contributed by atoms with E-state index in [1.807, 2.05) is 6.92 Å². The van der Waals surface area contributed by atoms with Crippen LogP contribution in [0.1, 0.15) is 43.5 Å². The number of hydrogen-bond acceptors (Lipinski definition) is 4. The molecule has 7 heteroatoms. The van der Waals surface area contributed by atoms with Gasteiger partial charge in [-0.2, -0.15) is 0 Å². The maximum Gasteiger partial charge on any atom is 0.330 e. The molecule has 0 aliphatic carbocycles. The van der Waals surface area contributed by atoms with Crippen molar-refractivity contribution in [2.75, 3.05) is 6.61 Å². The Kier molecular flexibility index (Phi) is 7.56. The van der Waals surface area contributed by atoms with Crippen LogP contribution in [0.4, 0.5) is 0 Å². The fourth-order valence-corrected chi connectivity index (χ4v) is 2.88. The fourth-order valence-electron chi connectivity index (χ4n) is 2.88. The predicted molar refractivity (Wildman–Crippen MR) is 104 cm³/mol. The minimum Gasteiger partial charge on any atom is -0.494 e. The molecule has 3 N–H and O–H groups in total. The number of carbonyl (C=O) groups is 3. The molecule has 0 bridgehead atoms. The summed E-state index contributed by atoms with van der Waals surface area (Å²) in [5, 5.41) is 14.7. The van der Waals surface area contributed by atoms with Crippen LogP contribution in [-0.4, -0.2) is 29.5 Å². The topological polar surface area (TPSA) is 105 Å². The highest BCUT2D eigenvalue weighted by molar-refractivity contribution is 5.85. The van der Waals surface area contributed by atoms with E-state index in [0.29, 0.717) is 23.5 Å². The molecule has 0 saturated carbocycles. The van der Waals surface area contributed by atoms with E-state index >= 15 is 0 Å². The first kappa shape index (κ1) is 21.0. The standard InChI is InChI=1S/C21H24N2O5/c1-3-28-18-12-8-7-11-16(18)17(22-14(2)24)13-19(25)23-20(21(26)27)15-9-5-4-6-10-15/h4-12,17,20H,3,13H2,1-2H3,(H,22,24)(H,23,25)(H,26,27). The highest BCUT2D eigenvalue weighted by Gasteiger charge is 2.25. The molecule has 7 nitrogen and oxygen atoms in total. The zero-order chi connectivity index (χ0) is 20.5. The Hall–Kier alpha value is -3.35. The summed E-state index contributed by atoms with van der Waals surface area (Å²) in [5.41, 5.74) is 1.12. The number of para-hydroxylation sites is 1. The van der Waals surface area contributed by atoms with Gasteiger partial charge in [-0.15, -0.1) is 0 Å². The average molecular weight is 384 g/mol. The summed E-state index contributed by atoms with van der Waals surface area (Å²) in [7, 11) is 0. The molecule has 0 saturated heterocycles. The van der Waals surface area contributed by atoms with Gasteiger partial charge < -0.3 is 20.5 Å². The van der Waals surface area contributed by atoms with E-state index in [4.69, 9.17) is 4.74 Å². The summed E-state index contributed by atoms with van der Waals surface area (Å²) in [4.78, 5) is 35.9. The van der Waals surface area contributed by atoms with Crippen LogP contribution in [0, 0.1) is 0 Å². The number of hydrogen-bond donors (Lipinski definition) is 3. The third-order valence-electron chi connectivity index (χ3n) is 4.05. The maximum atomic E-state index is 12.6. The van der Waals surface area contributed by atoms with Crippen molar-refractivity contribution in [3.63, 3.8) is 0 Å². The fraction of sp³-hybridized carbons (Fsp3) is 0.286. The van der Waals surface area contributed by atoms with E-state index in [-0.39, 0.29) is 12.3 Å². The molecular formula is C21H24N2O5. The molecule has 2 aromatic rings. The Morgan fingerprint density at radius 2 is 1.64 bits per heavy atom. The first-order valence-corrected chi connectivity index (χ1v) is 8.98. The van der Waals surface area contributed by atoms with E-state index in [0.717, 1.165) is 0 Å². The maximum absolute atomic E-state index is 12.6. The molecule has 2 amide bonds. The Balaban J connectivity index is 2.21. The van der Waals surface area contributed by atoms with Gasteiger partial charge in [0.25, 0.3) is 0 Å². The van der Waals surface area contributed by atoms with E-state index in [1.54, 1.807) is 54.6 Å². The largest absolute Gasteiger partial charge is 0.494 e. The number of carbonyl (C=O) groups excluding carboxylic acids is 2. The number of carboxylic acid groups (broad SMARTS) is 1. The molecular weight excluding hydrogens is 360 g/mol. The Morgan fingerprint density at radius 3 is 2.25 bits per heavy atom. The molecule has 148 valence electrons. The highest BCUT2D eigenvalue weighted by atomic mass is 16.5. The smallest absolute Gasteiger partial charge is 0.330 e. The van der Waals surface area contributed by atoms with Crippen LogP contribution in [-0.2, 0) is 14.4 Å². The summed E-state index contributed by atoms with van der Waals surface area (Å²) in [6.07, 6.45) is -0.125. The van der Waals surface area contributed by atoms with Crippen LogP contribution in [0.3, 0.4) is 0 Å². The van der Waals surface area contributed by atoms with Crippen molar-refractivity contribution in [2.24, 2.45) is 0 Å². The summed E-state index contributed by atoms with van der Waals surface area (Å²) in [5.74, 6) is -1.40. The van der Waals surface area contributed by atoms with Crippen molar-refractivity contribution in [1.29, 1.82) is 0 Å². The highest BCUT2D eigenvalue weighted by Crippen LogP contribution is 2.27. The lowest BCUT2D eigenvalue weighted by molar-refractivity contribution is -0.142. The molecule has 2 atom stereocenters. The van der Waals surface area contributed by atoms with Crippen LogP contribution in [0.25, 0.3) is 0 Å². The molecule has 2 rings (SSSR count). The quantitative estimate of drug-likeness (QED) is 0.616. The van der Waals surface area contributed by atoms with Crippen LogP contribution in [0.5, 0.6) is 5.75 Å². The van der Waals surface area contributed by atoms with Crippen LogP contribution in [0.2, 0.25) is 0 Å². The number of benzene rings is 2. The number of ether oxygens (including phenoxy) is 1. The number of rotatable bonds is 9. The molecule has 2 aromatic carbocycles. The number of nitrogens with one attached hydrogen (secondary N) is 2. The predicted octanol–water partition coefficient (Wildman–Crippen LogP) is 2.59. The first-order chi connectivity index (χ1) is 13.4. The van der Waals surface area contributed by atoms with Crippen LogP contribution >= 0.6 is 0 Å². The molecule has 0 aromatic heterocycles. The summed E-state index contributed by atoms with van der Waals surface area (Å²) < 4.78 is 5.59. The van der Waals surface area contributed by atoms with E-state index in [2.05, 4.69) is 10.6 Å². The molecule has 2 unspecified atom stereocenters. The van der Waals surface area contributed by atoms with Crippen LogP contribution < -0.4 is 15.4 Å². The summed E-state index contributed by atoms with van der Waals surface area (Å²) in [6.45, 7) is 3.64. The van der Waals surface area contributed by atoms with E-state index in [1.165, 1.54) is 6.92 Å².